The molecule has 0 aliphatic carbocycles. The molecular weight excluding hydrogens is 400 g/mol. The summed E-state index contributed by atoms with van der Waals surface area (Å²) < 4.78 is 5.35. The first-order chi connectivity index (χ1) is 14.9. The maximum absolute atomic E-state index is 13.0. The summed E-state index contributed by atoms with van der Waals surface area (Å²) in [6.45, 7) is 1.94. The molecule has 156 valence electrons. The first kappa shape index (κ1) is 20.1. The topological polar surface area (TPSA) is 114 Å². The monoisotopic (exact) mass is 418 g/mol. The molecular formula is C23H18N2O6. The van der Waals surface area contributed by atoms with Gasteiger partial charge in [0.2, 0.25) is 0 Å². The molecule has 0 unspecified atom stereocenters. The van der Waals surface area contributed by atoms with Gasteiger partial charge in [0.15, 0.2) is 0 Å². The van der Waals surface area contributed by atoms with Gasteiger partial charge in [0.1, 0.15) is 11.5 Å². The number of hydrogen-bond acceptors (Lipinski definition) is 6. The number of carbonyl (C=O) groups is 2. The summed E-state index contributed by atoms with van der Waals surface area (Å²) in [6.07, 6.45) is 1.47. The normalized spacial score (nSPS) is 17.8. The van der Waals surface area contributed by atoms with Crippen molar-refractivity contribution in [3.8, 4) is 0 Å². The smallest absolute Gasteiger partial charge is 0.296 e. The van der Waals surface area contributed by atoms with E-state index >= 15 is 0 Å². The number of nitro benzene ring substituents is 1. The fourth-order valence-electron chi connectivity index (χ4n) is 3.63. The summed E-state index contributed by atoms with van der Waals surface area (Å²) in [5, 5.41) is 22.1. The first-order valence-electron chi connectivity index (χ1n) is 9.49. The predicted octanol–water partition coefficient (Wildman–Crippen LogP) is 4.12. The molecule has 0 bridgehead atoms. The standard InChI is InChI=1S/C23H18N2O6/c1-14-7-9-15(10-8-14)20-19(21(26)16-4-2-5-17(12-16)25(29)30)22(27)23(28)24(20)13-18-6-3-11-31-18/h2-12,20,26H,13H2,1H3/t20-/m1/s1. The number of aliphatic hydroxyl groups excluding tert-OH is 1. The Morgan fingerprint density at radius 1 is 1.13 bits per heavy atom. The molecule has 1 aromatic heterocycles. The molecule has 3 aromatic rings. The van der Waals surface area contributed by atoms with E-state index in [1.807, 2.05) is 19.1 Å². The molecule has 1 amide bonds. The highest BCUT2D eigenvalue weighted by molar-refractivity contribution is 6.46. The number of carbonyl (C=O) groups excluding carboxylic acids is 2. The minimum atomic E-state index is -0.870. The lowest BCUT2D eigenvalue weighted by molar-refractivity contribution is -0.384. The molecule has 1 fully saturated rings. The number of aliphatic hydroxyl groups is 1. The van der Waals surface area contributed by atoms with Gasteiger partial charge in [-0.15, -0.1) is 0 Å². The van der Waals surface area contributed by atoms with E-state index in [0.29, 0.717) is 11.3 Å². The third kappa shape index (κ3) is 3.71. The summed E-state index contributed by atoms with van der Waals surface area (Å²) in [4.78, 5) is 37.7. The average Bonchev–Trinajstić information content (AvgIpc) is 3.36. The van der Waals surface area contributed by atoms with E-state index in [-0.39, 0.29) is 23.4 Å². The van der Waals surface area contributed by atoms with Crippen LogP contribution in [-0.4, -0.2) is 26.6 Å². The summed E-state index contributed by atoms with van der Waals surface area (Å²) >= 11 is 0. The second-order valence-corrected chi connectivity index (χ2v) is 7.22. The van der Waals surface area contributed by atoms with Gasteiger partial charge in [0.25, 0.3) is 17.4 Å². The van der Waals surface area contributed by atoms with Crippen molar-refractivity contribution in [2.45, 2.75) is 19.5 Å². The average molecular weight is 418 g/mol. The minimum absolute atomic E-state index is 0.0296. The van der Waals surface area contributed by atoms with E-state index in [0.717, 1.165) is 5.56 Å². The number of nitro groups is 1. The van der Waals surface area contributed by atoms with Crippen molar-refractivity contribution in [3.05, 3.63) is 105 Å². The highest BCUT2D eigenvalue weighted by Crippen LogP contribution is 2.40. The number of furan rings is 1. The molecule has 1 saturated heterocycles. The molecule has 31 heavy (non-hydrogen) atoms. The van der Waals surface area contributed by atoms with Gasteiger partial charge in [0.05, 0.1) is 29.3 Å². The maximum atomic E-state index is 13.0. The van der Waals surface area contributed by atoms with Crippen LogP contribution in [0.1, 0.15) is 28.5 Å². The van der Waals surface area contributed by atoms with Crippen LogP contribution in [0.3, 0.4) is 0 Å². The lowest BCUT2D eigenvalue weighted by atomic mass is 9.94. The maximum Gasteiger partial charge on any atom is 0.296 e. The van der Waals surface area contributed by atoms with Crippen molar-refractivity contribution < 1.29 is 24.0 Å². The largest absolute Gasteiger partial charge is 0.507 e. The minimum Gasteiger partial charge on any atom is -0.507 e. The van der Waals surface area contributed by atoms with Crippen LogP contribution in [0, 0.1) is 17.0 Å². The Bertz CT molecular complexity index is 1200. The van der Waals surface area contributed by atoms with E-state index in [2.05, 4.69) is 0 Å². The molecule has 0 radical (unpaired) electrons. The summed E-state index contributed by atoms with van der Waals surface area (Å²) in [5.41, 5.74) is 1.35. The number of non-ortho nitro benzene ring substituents is 1. The van der Waals surface area contributed by atoms with Crippen molar-refractivity contribution in [1.29, 1.82) is 0 Å². The van der Waals surface area contributed by atoms with Crippen LogP contribution in [0.25, 0.3) is 5.76 Å². The van der Waals surface area contributed by atoms with Crippen LogP contribution in [0.4, 0.5) is 5.69 Å². The number of aryl methyl sites for hydroxylation is 1. The molecule has 1 aliphatic rings. The Kier molecular flexibility index (Phi) is 5.12. The van der Waals surface area contributed by atoms with Crippen LogP contribution in [0.15, 0.2) is 76.9 Å². The lowest BCUT2D eigenvalue weighted by Crippen LogP contribution is -2.29. The van der Waals surface area contributed by atoms with Crippen molar-refractivity contribution in [2.24, 2.45) is 0 Å². The number of benzene rings is 2. The Morgan fingerprint density at radius 2 is 1.87 bits per heavy atom. The molecule has 2 heterocycles. The Balaban J connectivity index is 1.87. The molecule has 0 spiro atoms. The molecule has 8 nitrogen and oxygen atoms in total. The van der Waals surface area contributed by atoms with E-state index < -0.39 is 28.4 Å². The number of rotatable bonds is 5. The van der Waals surface area contributed by atoms with Gasteiger partial charge >= 0.3 is 0 Å². The van der Waals surface area contributed by atoms with Crippen molar-refractivity contribution >= 4 is 23.1 Å². The van der Waals surface area contributed by atoms with Gasteiger partial charge < -0.3 is 14.4 Å². The molecule has 1 atom stereocenters. The predicted molar refractivity (Wildman–Crippen MR) is 111 cm³/mol. The number of nitrogens with zero attached hydrogens (tertiary/aromatic N) is 2. The van der Waals surface area contributed by atoms with Crippen LogP contribution in [-0.2, 0) is 16.1 Å². The fourth-order valence-corrected chi connectivity index (χ4v) is 3.63. The highest BCUT2D eigenvalue weighted by atomic mass is 16.6. The second kappa shape index (κ2) is 7.91. The van der Waals surface area contributed by atoms with Gasteiger partial charge in [-0.3, -0.25) is 19.7 Å². The Hall–Kier alpha value is -4.20. The highest BCUT2D eigenvalue weighted by Gasteiger charge is 2.46. The van der Waals surface area contributed by atoms with Crippen molar-refractivity contribution in [1.82, 2.24) is 4.90 Å². The zero-order valence-corrected chi connectivity index (χ0v) is 16.5. The van der Waals surface area contributed by atoms with E-state index in [9.17, 15) is 24.8 Å². The molecule has 0 saturated carbocycles. The van der Waals surface area contributed by atoms with Gasteiger partial charge in [-0.05, 0) is 24.6 Å². The summed E-state index contributed by atoms with van der Waals surface area (Å²) in [5.74, 6) is -1.63. The molecule has 1 N–H and O–H groups in total. The van der Waals surface area contributed by atoms with E-state index in [1.165, 1.54) is 35.4 Å². The number of hydrogen-bond donors (Lipinski definition) is 1. The first-order valence-corrected chi connectivity index (χ1v) is 9.49. The second-order valence-electron chi connectivity index (χ2n) is 7.22. The van der Waals surface area contributed by atoms with Crippen molar-refractivity contribution in [3.63, 3.8) is 0 Å². The quantitative estimate of drug-likeness (QED) is 0.219. The molecule has 8 heteroatoms. The van der Waals surface area contributed by atoms with Crippen LogP contribution < -0.4 is 0 Å². The zero-order valence-electron chi connectivity index (χ0n) is 16.5. The van der Waals surface area contributed by atoms with Crippen LogP contribution >= 0.6 is 0 Å². The van der Waals surface area contributed by atoms with E-state index in [4.69, 9.17) is 4.42 Å². The number of likely N-dealkylation sites (tertiary alicyclic amines) is 1. The molecule has 4 rings (SSSR count). The Labute approximate surface area is 177 Å². The van der Waals surface area contributed by atoms with Gasteiger partial charge in [-0.1, -0.05) is 42.0 Å². The van der Waals surface area contributed by atoms with Gasteiger partial charge in [-0.25, -0.2) is 0 Å². The van der Waals surface area contributed by atoms with Crippen LogP contribution in [0.2, 0.25) is 0 Å². The van der Waals surface area contributed by atoms with Crippen LogP contribution in [0.5, 0.6) is 0 Å². The number of Topliss-reactive ketones (excluding diaryl/α,β-unsaturated/α-hetero) is 1. The summed E-state index contributed by atoms with van der Waals surface area (Å²) in [7, 11) is 0. The number of amides is 1. The third-order valence-corrected chi connectivity index (χ3v) is 5.17. The zero-order chi connectivity index (χ0) is 22.1. The van der Waals surface area contributed by atoms with Crippen molar-refractivity contribution in [2.75, 3.05) is 0 Å². The van der Waals surface area contributed by atoms with Gasteiger partial charge in [-0.2, -0.15) is 0 Å². The molecule has 1 aliphatic heterocycles. The Morgan fingerprint density at radius 3 is 2.52 bits per heavy atom. The SMILES string of the molecule is Cc1ccc([C@@H]2C(=C(O)c3cccc([N+](=O)[O-])c3)C(=O)C(=O)N2Cc2ccco2)cc1. The fraction of sp³-hybridized carbons (Fsp3) is 0.130. The molecule has 2 aromatic carbocycles. The van der Waals surface area contributed by atoms with E-state index in [1.54, 1.807) is 24.3 Å². The van der Waals surface area contributed by atoms with Gasteiger partial charge in [0, 0.05) is 17.7 Å². The number of ketones is 1. The summed E-state index contributed by atoms with van der Waals surface area (Å²) in [6, 6.07) is 15.0. The lowest BCUT2D eigenvalue weighted by Gasteiger charge is -2.24. The third-order valence-electron chi connectivity index (χ3n) is 5.17.